The lowest BCUT2D eigenvalue weighted by atomic mass is 9.78. The van der Waals surface area contributed by atoms with Crippen molar-refractivity contribution in [1.82, 2.24) is 4.90 Å². The summed E-state index contributed by atoms with van der Waals surface area (Å²) in [6, 6.07) is 8.84. The van der Waals surface area contributed by atoms with Crippen molar-refractivity contribution < 1.29 is 117 Å². The largest absolute Gasteiger partial charge is 0.460 e. The molecule has 1 unspecified atom stereocenters. The Morgan fingerprint density at radius 2 is 1.27 bits per heavy atom. The van der Waals surface area contributed by atoms with Crippen molar-refractivity contribution in [3.8, 4) is 0 Å². The Hall–Kier alpha value is -4.59. The normalized spacial score (nSPS) is 37.3. The third kappa shape index (κ3) is 26.2. The summed E-state index contributed by atoms with van der Waals surface area (Å²) in [4.78, 5) is 72.6. The number of ether oxygens (including phenoxy) is 12. The second-order valence-corrected chi connectivity index (χ2v) is 28.2. The van der Waals surface area contributed by atoms with Gasteiger partial charge < -0.3 is 97.5 Å². The molecule has 25 nitrogen and oxygen atoms in total. The van der Waals surface area contributed by atoms with E-state index in [2.05, 4.69) is 0 Å². The van der Waals surface area contributed by atoms with Crippen molar-refractivity contribution in [1.29, 1.82) is 0 Å². The number of methoxy groups -OCH3 is 2. The number of piperidine rings is 1. The highest BCUT2D eigenvalue weighted by atomic mass is 16.6. The van der Waals surface area contributed by atoms with E-state index in [1.807, 2.05) is 81.5 Å². The fourth-order valence-electron chi connectivity index (χ4n) is 13.5. The van der Waals surface area contributed by atoms with Crippen LogP contribution in [0.1, 0.15) is 131 Å². The van der Waals surface area contributed by atoms with Gasteiger partial charge >= 0.3 is 5.97 Å². The minimum atomic E-state index is -2.51. The lowest BCUT2D eigenvalue weighted by molar-refractivity contribution is -0.266. The average molecular weight is 1420 g/mol. The summed E-state index contributed by atoms with van der Waals surface area (Å²) >= 11 is 0. The molecule has 6 aliphatic heterocycles. The Morgan fingerprint density at radius 3 is 1.85 bits per heavy atom. The minimum absolute atomic E-state index is 0.0115. The zero-order valence-electron chi connectivity index (χ0n) is 60.3. The number of rotatable bonds is 16. The van der Waals surface area contributed by atoms with Crippen LogP contribution < -0.4 is 0 Å². The van der Waals surface area contributed by atoms with Crippen LogP contribution in [0.25, 0.3) is 0 Å². The second kappa shape index (κ2) is 43.6. The van der Waals surface area contributed by atoms with Crippen molar-refractivity contribution >= 4 is 29.2 Å². The number of nitrogens with zero attached hydrogens (tertiary/aromatic N) is 1. The highest BCUT2D eigenvalue weighted by molar-refractivity contribution is 6.39. The number of carbonyl (C=O) groups excluding carboxylic acids is 5. The summed E-state index contributed by atoms with van der Waals surface area (Å²) in [5.74, 6) is -8.36. The summed E-state index contributed by atoms with van der Waals surface area (Å²) in [6.07, 6.45) is 8.85. The van der Waals surface area contributed by atoms with E-state index in [4.69, 9.17) is 72.2 Å². The maximum Gasteiger partial charge on any atom is 0.329 e. The fourth-order valence-corrected chi connectivity index (χ4v) is 13.5. The molecule has 25 heteroatoms. The van der Waals surface area contributed by atoms with Crippen LogP contribution in [-0.2, 0) is 87.4 Å². The van der Waals surface area contributed by atoms with Crippen LogP contribution in [0.2, 0.25) is 0 Å². The average Bonchev–Trinajstić information content (AvgIpc) is 0.773. The van der Waals surface area contributed by atoms with E-state index in [0.717, 1.165) is 11.1 Å². The first kappa shape index (κ1) is 84.3. The second-order valence-electron chi connectivity index (χ2n) is 28.2. The molecule has 0 aromatic heterocycles. The molecule has 566 valence electrons. The van der Waals surface area contributed by atoms with Crippen molar-refractivity contribution in [2.24, 2.45) is 35.5 Å². The van der Waals surface area contributed by atoms with Crippen LogP contribution in [0.3, 0.4) is 0 Å². The van der Waals surface area contributed by atoms with Crippen LogP contribution in [-0.4, -0.2) is 261 Å². The van der Waals surface area contributed by atoms with E-state index in [1.165, 1.54) is 12.0 Å². The van der Waals surface area contributed by atoms with Gasteiger partial charge in [0.25, 0.3) is 11.7 Å². The first-order valence-electron chi connectivity index (χ1n) is 36.0. The molecule has 1 amide bonds. The molecule has 6 heterocycles. The first-order valence-corrected chi connectivity index (χ1v) is 36.0. The van der Waals surface area contributed by atoms with Crippen LogP contribution in [0.15, 0.2) is 77.9 Å². The molecule has 5 saturated heterocycles. The Kier molecular flexibility index (Phi) is 36.8. The van der Waals surface area contributed by atoms with Crippen molar-refractivity contribution in [2.75, 3.05) is 100 Å². The molecule has 6 fully saturated rings. The summed E-state index contributed by atoms with van der Waals surface area (Å²) in [5.41, 5.74) is 2.33. The summed E-state index contributed by atoms with van der Waals surface area (Å²) in [5, 5.41) is 69.8. The molecule has 2 bridgehead atoms. The van der Waals surface area contributed by atoms with Gasteiger partial charge in [0.15, 0.2) is 5.78 Å². The number of ketones is 3. The number of fused-ring (bicyclic) bond motifs is 3. The molecule has 7 aliphatic rings. The number of carbonyl (C=O) groups is 5. The van der Waals surface area contributed by atoms with Gasteiger partial charge in [-0.2, -0.15) is 0 Å². The number of esters is 1. The van der Waals surface area contributed by atoms with Crippen molar-refractivity contribution in [3.05, 3.63) is 83.5 Å². The van der Waals surface area contributed by atoms with E-state index in [0.29, 0.717) is 103 Å². The molecular weight excluding hydrogens is 1300 g/mol. The molecular formula is C75H117NO24. The van der Waals surface area contributed by atoms with E-state index in [9.17, 15) is 44.4 Å². The zero-order valence-corrected chi connectivity index (χ0v) is 60.3. The van der Waals surface area contributed by atoms with E-state index in [1.54, 1.807) is 40.9 Å². The fraction of sp³-hybridized carbons (Fsp3) is 0.747. The molecule has 8 rings (SSSR count). The van der Waals surface area contributed by atoms with Gasteiger partial charge in [-0.05, 0) is 113 Å². The van der Waals surface area contributed by atoms with Gasteiger partial charge in [0.05, 0.1) is 110 Å². The Labute approximate surface area is 590 Å². The van der Waals surface area contributed by atoms with E-state index in [-0.39, 0.29) is 132 Å². The number of hydrogen-bond donors (Lipinski definition) is 7. The van der Waals surface area contributed by atoms with E-state index < -0.39 is 96.1 Å². The summed E-state index contributed by atoms with van der Waals surface area (Å²) < 4.78 is 68.5. The van der Waals surface area contributed by atoms with Gasteiger partial charge in [-0.1, -0.05) is 101 Å². The van der Waals surface area contributed by atoms with Gasteiger partial charge in [0.2, 0.25) is 5.79 Å². The number of Topliss-reactive ketones (excluding diaryl/α,β-unsaturated/α-hetero) is 3. The smallest absolute Gasteiger partial charge is 0.329 e. The number of hydrogen-bond acceptors (Lipinski definition) is 24. The molecule has 1 aliphatic carbocycles. The number of aliphatic hydroxyl groups is 7. The van der Waals surface area contributed by atoms with Gasteiger partial charge in [-0.15, -0.1) is 0 Å². The number of amides is 1. The van der Waals surface area contributed by atoms with Gasteiger partial charge in [0, 0.05) is 51.4 Å². The molecule has 7 N–H and O–H groups in total. The maximum atomic E-state index is 14.5. The van der Waals surface area contributed by atoms with Gasteiger partial charge in [-0.25, -0.2) is 4.79 Å². The molecule has 1 saturated carbocycles. The van der Waals surface area contributed by atoms with Crippen LogP contribution in [0.5, 0.6) is 0 Å². The molecule has 1 aromatic rings. The number of cyclic esters (lactones) is 1. The number of aliphatic hydroxyl groups excluding tert-OH is 6. The van der Waals surface area contributed by atoms with Gasteiger partial charge in [0.1, 0.15) is 66.8 Å². The summed E-state index contributed by atoms with van der Waals surface area (Å²) in [6.45, 7) is 15.8. The molecule has 0 spiro atoms. The molecule has 100 heavy (non-hydrogen) atoms. The summed E-state index contributed by atoms with van der Waals surface area (Å²) in [7, 11) is 2.93. The Morgan fingerprint density at radius 1 is 0.670 bits per heavy atom. The molecule has 21 atom stereocenters. The topological polar surface area (TPSA) is 341 Å². The third-order valence-electron chi connectivity index (χ3n) is 20.0. The predicted molar refractivity (Wildman–Crippen MR) is 367 cm³/mol. The highest BCUT2D eigenvalue weighted by Crippen LogP contribution is 2.38. The predicted octanol–water partition coefficient (Wildman–Crippen LogP) is 5.06. The maximum absolute atomic E-state index is 14.5. The standard InChI is InChI=1S/C56H87NO16.C13H18O4.C6H12O4/c1-33-15-11-10-12-16-34(2)47(71-32-43-31-69-42(29-58)30-70-43)27-41-20-18-39(7)56(66,73-41)53(63)54(64)57-22-14-13-17-44(57)55(65)72-48(36(4)25-40-19-21-45(59)49(26-40)67-8)28-46(60)35(3)24-38(6)51(62)52(68-9)50(61)37(5)23-33;14-6-12-9-17-13(10-16-12)8-15-7-11-4-2-1-3-5-11;7-1-5-3-10-6(2-8)4-9-5/h10-12,15-16,24,33,35-37,39-45,47-49,51-52,58-59,62,66H,13-14,17-23,25-32H2,1-9H3;1-5,12-14H,6-10H2;5-8H,1-4H2/b12-10+,15-11+,34-16+,38-24+;;/t33-,35-,36-,37-,39-,40+,41+,42+,43-,44+,45-,47?,48+,49-,51-,52+,56-;12-,13-;5-,6-/m111/s1. The Bertz CT molecular complexity index is 2710. The molecule has 0 radical (unpaired) electrons. The van der Waals surface area contributed by atoms with Crippen LogP contribution in [0, 0.1) is 35.5 Å². The number of allylic oxidation sites excluding steroid dienone is 6. The monoisotopic (exact) mass is 1420 g/mol. The number of benzene rings is 1. The lowest BCUT2D eigenvalue weighted by Crippen LogP contribution is -2.61. The first-order chi connectivity index (χ1) is 47.9. The zero-order chi connectivity index (χ0) is 72.9. The lowest BCUT2D eigenvalue weighted by Gasteiger charge is -2.43. The SMILES string of the molecule is CO[C@@H]1C[C@H](C[C@@H](C)[C@@H]2CC(=O)[C@H](C)/C=C(\C)[C@@H](O)[C@@H](OC)C(=O)[C@H](C)C[C@H](C)/C=C/C=C/C=C(\C)C(OC[C@H]3CO[C@@H](CO)CO3)C[C@@H]3CC[C@@H](C)[C@@](O)(O3)C(=O)C(=O)N3CCCC[C@H]3C(=O)O2)CC[C@H]1O.OC[C@@H]1CO[C@H](CO)CO1.OC[C@@H]1CO[C@H](COCc2ccccc2)CO1. The van der Waals surface area contributed by atoms with Crippen LogP contribution in [0.4, 0.5) is 0 Å². The quantitative estimate of drug-likeness (QED) is 0.0646. The van der Waals surface area contributed by atoms with Crippen molar-refractivity contribution in [3.63, 3.8) is 0 Å². The van der Waals surface area contributed by atoms with Crippen LogP contribution >= 0.6 is 0 Å². The Balaban J connectivity index is 0.000000477. The van der Waals surface area contributed by atoms with Crippen molar-refractivity contribution in [2.45, 2.75) is 223 Å². The van der Waals surface area contributed by atoms with Gasteiger partial charge in [-0.3, -0.25) is 19.2 Å². The minimum Gasteiger partial charge on any atom is -0.460 e. The van der Waals surface area contributed by atoms with E-state index >= 15 is 0 Å². The third-order valence-corrected chi connectivity index (χ3v) is 20.0. The molecule has 1 aromatic carbocycles. The highest BCUT2D eigenvalue weighted by Gasteiger charge is 2.53.